The van der Waals surface area contributed by atoms with Crippen LogP contribution in [0.2, 0.25) is 0 Å². The molecular weight excluding hydrogens is 492 g/mol. The van der Waals surface area contributed by atoms with Crippen LogP contribution in [-0.4, -0.2) is 56.2 Å². The van der Waals surface area contributed by atoms with Gasteiger partial charge in [-0.05, 0) is 73.3 Å². The monoisotopic (exact) mass is 526 g/mol. The minimum absolute atomic E-state index is 0.314. The van der Waals surface area contributed by atoms with Crippen LogP contribution < -0.4 is 15.1 Å². The minimum Gasteiger partial charge on any atom is -0.492 e. The molecule has 0 bridgehead atoms. The second kappa shape index (κ2) is 12.2. The molecule has 0 unspecified atom stereocenters. The molecule has 0 N–H and O–H groups in total. The third kappa shape index (κ3) is 6.49. The van der Waals surface area contributed by atoms with Crippen molar-refractivity contribution in [2.45, 2.75) is 25.7 Å². The molecule has 1 aliphatic rings. The highest BCUT2D eigenvalue weighted by Crippen LogP contribution is 2.32. The first-order valence-corrected chi connectivity index (χ1v) is 13.5. The lowest BCUT2D eigenvalue weighted by Crippen LogP contribution is -2.33. The summed E-state index contributed by atoms with van der Waals surface area (Å²) >= 11 is 0. The lowest BCUT2D eigenvalue weighted by Gasteiger charge is -2.26. The van der Waals surface area contributed by atoms with Crippen LogP contribution in [0.25, 0.3) is 22.1 Å². The van der Waals surface area contributed by atoms with Gasteiger partial charge in [0.15, 0.2) is 0 Å². The molecule has 1 aromatic heterocycles. The number of hydrogen-bond donors (Lipinski definition) is 0. The van der Waals surface area contributed by atoms with Gasteiger partial charge in [0.2, 0.25) is 0 Å². The lowest BCUT2D eigenvalue weighted by molar-refractivity contribution is 0.172. The summed E-state index contributed by atoms with van der Waals surface area (Å²) in [7, 11) is 3.22. The summed E-state index contributed by atoms with van der Waals surface area (Å²) in [6.07, 6.45) is 3.89. The number of hydrogen-bond acceptors (Lipinski definition) is 6. The Balaban J connectivity index is 1.42. The molecule has 5 rings (SSSR count). The van der Waals surface area contributed by atoms with Crippen LogP contribution >= 0.6 is 0 Å². The van der Waals surface area contributed by atoms with E-state index in [0.717, 1.165) is 47.5 Å². The van der Waals surface area contributed by atoms with Crippen molar-refractivity contribution in [1.29, 1.82) is 0 Å². The van der Waals surface area contributed by atoms with E-state index >= 15 is 0 Å². The Morgan fingerprint density at radius 2 is 1.64 bits per heavy atom. The van der Waals surface area contributed by atoms with Crippen LogP contribution in [-0.2, 0) is 6.42 Å². The molecule has 0 saturated carbocycles. The van der Waals surface area contributed by atoms with Crippen molar-refractivity contribution in [1.82, 2.24) is 9.80 Å². The minimum atomic E-state index is -0.504. The molecule has 0 spiro atoms. The van der Waals surface area contributed by atoms with E-state index < -0.39 is 11.7 Å². The SMILES string of the molecule is CN(C)C(=O)Oc1ccc2c(Cc3ccc(OCCN4CCCCC4)cc3)c(-c3ccccc3)c(=O)oc2c1. The van der Waals surface area contributed by atoms with Gasteiger partial charge in [-0.25, -0.2) is 9.59 Å². The molecular formula is C32H34N2O5. The number of rotatable bonds is 8. The van der Waals surface area contributed by atoms with Crippen LogP contribution in [0.3, 0.4) is 0 Å². The zero-order chi connectivity index (χ0) is 27.2. The van der Waals surface area contributed by atoms with Gasteiger partial charge in [0.25, 0.3) is 0 Å². The zero-order valence-corrected chi connectivity index (χ0v) is 22.5. The van der Waals surface area contributed by atoms with Gasteiger partial charge in [0.1, 0.15) is 23.7 Å². The van der Waals surface area contributed by atoms with E-state index in [1.807, 2.05) is 60.7 Å². The zero-order valence-electron chi connectivity index (χ0n) is 22.5. The van der Waals surface area contributed by atoms with Gasteiger partial charge in [0, 0.05) is 32.1 Å². The Kier molecular flexibility index (Phi) is 8.27. The van der Waals surface area contributed by atoms with Crippen molar-refractivity contribution in [3.8, 4) is 22.6 Å². The van der Waals surface area contributed by atoms with Crippen LogP contribution in [0.5, 0.6) is 11.5 Å². The highest BCUT2D eigenvalue weighted by molar-refractivity contribution is 5.88. The third-order valence-corrected chi connectivity index (χ3v) is 7.05. The fourth-order valence-electron chi connectivity index (χ4n) is 4.96. The van der Waals surface area contributed by atoms with Gasteiger partial charge in [0.05, 0.1) is 5.56 Å². The maximum absolute atomic E-state index is 13.3. The average molecular weight is 527 g/mol. The molecule has 1 saturated heterocycles. The first-order chi connectivity index (χ1) is 19.0. The molecule has 7 nitrogen and oxygen atoms in total. The van der Waals surface area contributed by atoms with Crippen molar-refractivity contribution < 1.29 is 18.7 Å². The van der Waals surface area contributed by atoms with Crippen molar-refractivity contribution in [3.63, 3.8) is 0 Å². The van der Waals surface area contributed by atoms with Gasteiger partial charge < -0.3 is 18.8 Å². The van der Waals surface area contributed by atoms with Crippen molar-refractivity contribution in [3.05, 3.63) is 94.3 Å². The van der Waals surface area contributed by atoms with Crippen molar-refractivity contribution in [2.75, 3.05) is 40.3 Å². The molecule has 1 fully saturated rings. The van der Waals surface area contributed by atoms with E-state index in [1.165, 1.54) is 24.2 Å². The van der Waals surface area contributed by atoms with E-state index in [2.05, 4.69) is 4.90 Å². The molecule has 202 valence electrons. The summed E-state index contributed by atoms with van der Waals surface area (Å²) in [4.78, 5) is 29.1. The molecule has 0 aliphatic carbocycles. The smallest absolute Gasteiger partial charge is 0.414 e. The van der Waals surface area contributed by atoms with Gasteiger partial charge in [-0.1, -0.05) is 48.9 Å². The van der Waals surface area contributed by atoms with Gasteiger partial charge in [-0.2, -0.15) is 0 Å². The van der Waals surface area contributed by atoms with Crippen molar-refractivity contribution >= 4 is 17.1 Å². The Morgan fingerprint density at radius 1 is 0.923 bits per heavy atom. The van der Waals surface area contributed by atoms with Crippen LogP contribution in [0.15, 0.2) is 82.0 Å². The van der Waals surface area contributed by atoms with E-state index in [4.69, 9.17) is 13.9 Å². The standard InChI is InChI=1S/C32H34N2O5/c1-33(2)32(36)38-26-15-16-27-28(30(24-9-5-3-6-10-24)31(35)39-29(27)22-26)21-23-11-13-25(14-12-23)37-20-19-34-17-7-4-8-18-34/h3,5-6,9-16,22H,4,7-8,17-21H2,1-2H3. The summed E-state index contributed by atoms with van der Waals surface area (Å²) in [5, 5.41) is 0.792. The maximum atomic E-state index is 13.3. The first-order valence-electron chi connectivity index (χ1n) is 13.5. The number of ether oxygens (including phenoxy) is 2. The fourth-order valence-corrected chi connectivity index (χ4v) is 4.96. The van der Waals surface area contributed by atoms with E-state index in [-0.39, 0.29) is 0 Å². The second-order valence-corrected chi connectivity index (χ2v) is 10.1. The molecule has 7 heteroatoms. The predicted octanol–water partition coefficient (Wildman–Crippen LogP) is 5.98. The fraction of sp³-hybridized carbons (Fsp3) is 0.312. The average Bonchev–Trinajstić information content (AvgIpc) is 2.95. The number of piperidine rings is 1. The number of nitrogens with zero attached hydrogens (tertiary/aromatic N) is 2. The lowest BCUT2D eigenvalue weighted by atomic mass is 9.93. The topological polar surface area (TPSA) is 72.2 Å². The summed E-state index contributed by atoms with van der Waals surface area (Å²) in [6.45, 7) is 3.93. The molecule has 1 aliphatic heterocycles. The third-order valence-electron chi connectivity index (χ3n) is 7.05. The Hall–Kier alpha value is -4.10. The molecule has 4 aromatic rings. The summed E-state index contributed by atoms with van der Waals surface area (Å²) in [5.74, 6) is 1.15. The summed E-state index contributed by atoms with van der Waals surface area (Å²) < 4.78 is 17.1. The van der Waals surface area contributed by atoms with E-state index in [0.29, 0.717) is 29.9 Å². The molecule has 39 heavy (non-hydrogen) atoms. The molecule has 0 radical (unpaired) electrons. The molecule has 3 aromatic carbocycles. The molecule has 2 heterocycles. The number of benzene rings is 3. The van der Waals surface area contributed by atoms with Crippen LogP contribution in [0, 0.1) is 0 Å². The van der Waals surface area contributed by atoms with Crippen LogP contribution in [0.1, 0.15) is 30.4 Å². The maximum Gasteiger partial charge on any atom is 0.414 e. The predicted molar refractivity (Wildman–Crippen MR) is 153 cm³/mol. The van der Waals surface area contributed by atoms with Gasteiger partial charge in [-0.15, -0.1) is 0 Å². The van der Waals surface area contributed by atoms with Gasteiger partial charge in [-0.3, -0.25) is 4.90 Å². The Morgan fingerprint density at radius 3 is 2.36 bits per heavy atom. The summed E-state index contributed by atoms with van der Waals surface area (Å²) in [6, 6.07) is 22.8. The normalized spacial score (nSPS) is 13.8. The van der Waals surface area contributed by atoms with Gasteiger partial charge >= 0.3 is 11.7 Å². The first kappa shape index (κ1) is 26.5. The summed E-state index contributed by atoms with van der Waals surface area (Å²) in [5.41, 5.74) is 3.17. The number of likely N-dealkylation sites (tertiary alicyclic amines) is 1. The Bertz CT molecular complexity index is 1470. The van der Waals surface area contributed by atoms with Crippen molar-refractivity contribution in [2.24, 2.45) is 0 Å². The second-order valence-electron chi connectivity index (χ2n) is 10.1. The number of carbonyl (C=O) groups is 1. The van der Waals surface area contributed by atoms with Crippen LogP contribution in [0.4, 0.5) is 4.79 Å². The largest absolute Gasteiger partial charge is 0.492 e. The number of carbonyl (C=O) groups excluding carboxylic acids is 1. The quantitative estimate of drug-likeness (QED) is 0.263. The number of amides is 1. The number of fused-ring (bicyclic) bond motifs is 1. The van der Waals surface area contributed by atoms with E-state index in [1.54, 1.807) is 26.2 Å². The Labute approximate surface area is 228 Å². The van der Waals surface area contributed by atoms with E-state index in [9.17, 15) is 9.59 Å². The highest BCUT2D eigenvalue weighted by atomic mass is 16.6. The molecule has 1 amide bonds. The molecule has 0 atom stereocenters. The highest BCUT2D eigenvalue weighted by Gasteiger charge is 2.18.